The number of nitrogens with zero attached hydrogens (tertiary/aromatic N) is 2. The summed E-state index contributed by atoms with van der Waals surface area (Å²) in [5, 5.41) is 15.1. The van der Waals surface area contributed by atoms with Gasteiger partial charge < -0.3 is 19.1 Å². The van der Waals surface area contributed by atoms with Crippen LogP contribution in [0, 0.1) is 13.8 Å². The van der Waals surface area contributed by atoms with E-state index in [4.69, 9.17) is 14.0 Å². The number of Topliss-reactive ketones (excluding diaryl/α,β-unsaturated/α-hetero) is 1. The van der Waals surface area contributed by atoms with Crippen molar-refractivity contribution in [2.45, 2.75) is 19.9 Å². The van der Waals surface area contributed by atoms with Gasteiger partial charge in [-0.25, -0.2) is 4.79 Å². The molecule has 1 amide bonds. The molecular formula is C25H22N2O7. The van der Waals surface area contributed by atoms with Gasteiger partial charge in [0.05, 0.1) is 31.4 Å². The predicted octanol–water partition coefficient (Wildman–Crippen LogP) is 3.71. The fourth-order valence-corrected chi connectivity index (χ4v) is 3.95. The number of hydrogen-bond donors (Lipinski definition) is 1. The Kier molecular flexibility index (Phi) is 5.93. The fourth-order valence-electron chi connectivity index (χ4n) is 3.95. The molecule has 0 aliphatic carbocycles. The van der Waals surface area contributed by atoms with Crippen LogP contribution in [0.25, 0.3) is 5.76 Å². The molecule has 1 fully saturated rings. The lowest BCUT2D eigenvalue weighted by Gasteiger charge is -2.23. The van der Waals surface area contributed by atoms with Crippen molar-refractivity contribution in [1.29, 1.82) is 0 Å². The van der Waals surface area contributed by atoms with Crippen molar-refractivity contribution >= 4 is 29.2 Å². The second-order valence-electron chi connectivity index (χ2n) is 7.76. The first kappa shape index (κ1) is 22.8. The first-order valence-corrected chi connectivity index (χ1v) is 10.3. The standard InChI is InChI=1S/C25H22N2O7/c1-13-11-17(9-10-18(13)32-3)22(28)20-21(15-5-7-16(8-6-15)25(31)33-4)27(24(30)23(20)29)19-12-14(2)34-26-19/h5-12,21,28H,1-4H3/t21-/m1/s1. The van der Waals surface area contributed by atoms with Crippen molar-refractivity contribution in [1.82, 2.24) is 5.16 Å². The van der Waals surface area contributed by atoms with E-state index in [0.29, 0.717) is 28.2 Å². The average Bonchev–Trinajstić information content (AvgIpc) is 3.38. The summed E-state index contributed by atoms with van der Waals surface area (Å²) in [5.41, 5.74) is 1.77. The molecule has 1 N–H and O–H groups in total. The number of anilines is 1. The summed E-state index contributed by atoms with van der Waals surface area (Å²) in [6, 6.07) is 11.7. The number of carbonyl (C=O) groups is 3. The zero-order valence-electron chi connectivity index (χ0n) is 19.0. The molecule has 174 valence electrons. The van der Waals surface area contributed by atoms with E-state index < -0.39 is 23.7 Å². The van der Waals surface area contributed by atoms with Gasteiger partial charge in [-0.2, -0.15) is 0 Å². The molecule has 34 heavy (non-hydrogen) atoms. The van der Waals surface area contributed by atoms with E-state index in [1.165, 1.54) is 37.3 Å². The number of ether oxygens (including phenoxy) is 2. The van der Waals surface area contributed by atoms with Crippen molar-refractivity contribution < 1.29 is 33.5 Å². The van der Waals surface area contributed by atoms with Gasteiger partial charge in [-0.15, -0.1) is 0 Å². The summed E-state index contributed by atoms with van der Waals surface area (Å²) in [4.78, 5) is 39.3. The molecule has 2 heterocycles. The van der Waals surface area contributed by atoms with Crippen LogP contribution in [0.4, 0.5) is 5.82 Å². The zero-order chi connectivity index (χ0) is 24.6. The molecule has 1 aliphatic heterocycles. The van der Waals surface area contributed by atoms with Crippen LogP contribution >= 0.6 is 0 Å². The fraction of sp³-hybridized carbons (Fsp3) is 0.200. The number of aryl methyl sites for hydroxylation is 2. The quantitative estimate of drug-likeness (QED) is 0.264. The van der Waals surface area contributed by atoms with Crippen molar-refractivity contribution in [3.05, 3.63) is 82.1 Å². The van der Waals surface area contributed by atoms with E-state index in [9.17, 15) is 19.5 Å². The van der Waals surface area contributed by atoms with E-state index in [-0.39, 0.29) is 17.2 Å². The summed E-state index contributed by atoms with van der Waals surface area (Å²) >= 11 is 0. The minimum Gasteiger partial charge on any atom is -0.507 e. The molecule has 9 nitrogen and oxygen atoms in total. The largest absolute Gasteiger partial charge is 0.507 e. The Morgan fingerprint density at radius 2 is 1.71 bits per heavy atom. The van der Waals surface area contributed by atoms with Crippen LogP contribution < -0.4 is 9.64 Å². The van der Waals surface area contributed by atoms with Crippen LogP contribution in [0.15, 0.2) is 58.6 Å². The molecule has 0 bridgehead atoms. The number of aromatic nitrogens is 1. The van der Waals surface area contributed by atoms with Crippen LogP contribution in [0.1, 0.15) is 38.9 Å². The zero-order valence-corrected chi connectivity index (χ0v) is 19.0. The first-order chi connectivity index (χ1) is 16.3. The minimum absolute atomic E-state index is 0.110. The van der Waals surface area contributed by atoms with Crippen LogP contribution in [0.2, 0.25) is 0 Å². The lowest BCUT2D eigenvalue weighted by molar-refractivity contribution is -0.132. The van der Waals surface area contributed by atoms with Crippen molar-refractivity contribution in [3.63, 3.8) is 0 Å². The Morgan fingerprint density at radius 3 is 2.26 bits per heavy atom. The Hall–Kier alpha value is -4.40. The number of benzene rings is 2. The second-order valence-corrected chi connectivity index (χ2v) is 7.76. The molecule has 1 atom stereocenters. The van der Waals surface area contributed by atoms with E-state index in [1.807, 2.05) is 0 Å². The third kappa shape index (κ3) is 3.81. The molecule has 0 unspecified atom stereocenters. The Bertz CT molecular complexity index is 1320. The molecule has 0 saturated carbocycles. The lowest BCUT2D eigenvalue weighted by atomic mass is 9.94. The van der Waals surface area contributed by atoms with Gasteiger partial charge in [0.25, 0.3) is 5.78 Å². The smallest absolute Gasteiger partial charge is 0.337 e. The van der Waals surface area contributed by atoms with Crippen LogP contribution in [0.5, 0.6) is 5.75 Å². The molecule has 4 rings (SSSR count). The van der Waals surface area contributed by atoms with Gasteiger partial charge in [-0.05, 0) is 55.3 Å². The highest BCUT2D eigenvalue weighted by Gasteiger charge is 2.48. The lowest BCUT2D eigenvalue weighted by Crippen LogP contribution is -2.29. The number of ketones is 1. The minimum atomic E-state index is -1.00. The number of esters is 1. The molecule has 1 saturated heterocycles. The molecule has 2 aromatic carbocycles. The molecule has 3 aromatic rings. The SMILES string of the molecule is COC(=O)c1ccc([C@@H]2C(=C(O)c3ccc(OC)c(C)c3)C(=O)C(=O)N2c2cc(C)on2)cc1. The van der Waals surface area contributed by atoms with Gasteiger partial charge in [0.1, 0.15) is 17.3 Å². The Balaban J connectivity index is 1.90. The van der Waals surface area contributed by atoms with Crippen LogP contribution in [-0.2, 0) is 14.3 Å². The normalized spacial score (nSPS) is 17.2. The summed E-state index contributed by atoms with van der Waals surface area (Å²) in [5.74, 6) is -1.40. The number of carbonyl (C=O) groups excluding carboxylic acids is 3. The highest BCUT2D eigenvalue weighted by atomic mass is 16.5. The van der Waals surface area contributed by atoms with Crippen molar-refractivity contribution in [2.75, 3.05) is 19.1 Å². The molecular weight excluding hydrogens is 440 g/mol. The van der Waals surface area contributed by atoms with E-state index in [1.54, 1.807) is 44.2 Å². The number of methoxy groups -OCH3 is 2. The van der Waals surface area contributed by atoms with E-state index in [0.717, 1.165) is 5.56 Å². The third-order valence-electron chi connectivity index (χ3n) is 5.62. The van der Waals surface area contributed by atoms with Gasteiger partial charge in [0.2, 0.25) is 0 Å². The molecule has 1 aliphatic rings. The number of amides is 1. The van der Waals surface area contributed by atoms with Crippen molar-refractivity contribution in [3.8, 4) is 5.75 Å². The van der Waals surface area contributed by atoms with Crippen LogP contribution in [-0.4, -0.2) is 42.1 Å². The molecule has 0 radical (unpaired) electrons. The van der Waals surface area contributed by atoms with Gasteiger partial charge in [0.15, 0.2) is 5.82 Å². The predicted molar refractivity (Wildman–Crippen MR) is 122 cm³/mol. The topological polar surface area (TPSA) is 119 Å². The van der Waals surface area contributed by atoms with Gasteiger partial charge in [0, 0.05) is 11.6 Å². The maximum Gasteiger partial charge on any atom is 0.337 e. The summed E-state index contributed by atoms with van der Waals surface area (Å²) < 4.78 is 15.1. The monoisotopic (exact) mass is 462 g/mol. The second kappa shape index (κ2) is 8.86. The molecule has 0 spiro atoms. The summed E-state index contributed by atoms with van der Waals surface area (Å²) in [7, 11) is 2.81. The number of hydrogen-bond acceptors (Lipinski definition) is 8. The van der Waals surface area contributed by atoms with E-state index >= 15 is 0 Å². The van der Waals surface area contributed by atoms with Crippen LogP contribution in [0.3, 0.4) is 0 Å². The maximum absolute atomic E-state index is 13.2. The molecule has 1 aromatic heterocycles. The first-order valence-electron chi connectivity index (χ1n) is 10.3. The third-order valence-corrected chi connectivity index (χ3v) is 5.62. The summed E-state index contributed by atoms with van der Waals surface area (Å²) in [6.07, 6.45) is 0. The van der Waals surface area contributed by atoms with Gasteiger partial charge in [-0.1, -0.05) is 17.3 Å². The number of rotatable bonds is 5. The maximum atomic E-state index is 13.2. The van der Waals surface area contributed by atoms with Gasteiger partial charge in [-0.3, -0.25) is 14.5 Å². The number of aliphatic hydroxyl groups is 1. The van der Waals surface area contributed by atoms with Crippen molar-refractivity contribution in [2.24, 2.45) is 0 Å². The summed E-state index contributed by atoms with van der Waals surface area (Å²) in [6.45, 7) is 3.46. The highest BCUT2D eigenvalue weighted by Crippen LogP contribution is 2.42. The Labute approximate surface area is 195 Å². The highest BCUT2D eigenvalue weighted by molar-refractivity contribution is 6.51. The van der Waals surface area contributed by atoms with Gasteiger partial charge >= 0.3 is 11.9 Å². The average molecular weight is 462 g/mol. The molecule has 9 heteroatoms. The van der Waals surface area contributed by atoms with E-state index in [2.05, 4.69) is 5.16 Å². The number of aliphatic hydroxyl groups excluding tert-OH is 1. The Morgan fingerprint density at radius 1 is 1.03 bits per heavy atom.